The molecule has 13 heteroatoms. The highest BCUT2D eigenvalue weighted by Gasteiger charge is 2.30. The number of hydrogen-bond donors (Lipinski definition) is 4. The molecule has 0 bridgehead atoms. The summed E-state index contributed by atoms with van der Waals surface area (Å²) in [6.07, 6.45) is -9.05. The van der Waals surface area contributed by atoms with E-state index >= 15 is 0 Å². The number of H-pyrrole nitrogens is 1. The van der Waals surface area contributed by atoms with Crippen LogP contribution >= 0.6 is 11.6 Å². The van der Waals surface area contributed by atoms with Gasteiger partial charge in [-0.25, -0.2) is 18.2 Å². The Kier molecular flexibility index (Phi) is 6.94. The van der Waals surface area contributed by atoms with Gasteiger partial charge < -0.3 is 15.7 Å². The molecule has 0 aliphatic rings. The molecule has 0 saturated heterocycles. The predicted octanol–water partition coefficient (Wildman–Crippen LogP) is 5.73. The number of hydrogen-bond acceptors (Lipinski definition) is 3. The average Bonchev–Trinajstić information content (AvgIpc) is 3.15. The Balaban J connectivity index is 1.89. The molecule has 0 fully saturated rings. The molecule has 0 aliphatic heterocycles. The van der Waals surface area contributed by atoms with Crippen LogP contribution in [0.5, 0.6) is 0 Å². The number of nitrogens with zero attached hydrogens (tertiary/aromatic N) is 2. The van der Waals surface area contributed by atoms with Crippen molar-refractivity contribution in [3.8, 4) is 0 Å². The van der Waals surface area contributed by atoms with E-state index in [-0.39, 0.29) is 28.1 Å². The molecule has 1 unspecified atom stereocenters. The molecule has 0 aliphatic carbocycles. The lowest BCUT2D eigenvalue weighted by Crippen LogP contribution is -2.23. The zero-order valence-electron chi connectivity index (χ0n) is 15.8. The van der Waals surface area contributed by atoms with Crippen LogP contribution in [0.1, 0.15) is 29.5 Å². The second-order valence-electron chi connectivity index (χ2n) is 6.39. The van der Waals surface area contributed by atoms with Crippen LogP contribution in [0.25, 0.3) is 0 Å². The number of aliphatic hydroxyl groups is 1. The molecule has 1 aromatic heterocycles. The lowest BCUT2D eigenvalue weighted by molar-refractivity contribution is -0.137. The molecule has 2 aromatic carbocycles. The zero-order valence-corrected chi connectivity index (χ0v) is 16.5. The fraction of sp³-hybridized carbons (Fsp3) is 0.158. The van der Waals surface area contributed by atoms with Gasteiger partial charge in [0, 0.05) is 22.3 Å². The molecule has 0 radical (unpaired) electrons. The van der Waals surface area contributed by atoms with E-state index in [0.29, 0.717) is 0 Å². The molecule has 32 heavy (non-hydrogen) atoms. The van der Waals surface area contributed by atoms with Gasteiger partial charge in [-0.15, -0.1) is 0 Å². The molecule has 3 rings (SSSR count). The van der Waals surface area contributed by atoms with Gasteiger partial charge in [0.05, 0.1) is 5.56 Å². The maximum atomic E-state index is 13.6. The first-order chi connectivity index (χ1) is 15.0. The van der Waals surface area contributed by atoms with E-state index in [4.69, 9.17) is 11.6 Å². The van der Waals surface area contributed by atoms with Crippen molar-refractivity contribution in [1.29, 1.82) is 0 Å². The standard InChI is InChI=1S/C19H14ClF6N5O/c20-11-5-12(21)7-13(6-11)27-18(28-15-8-14(16(22)23)30-31-15)29-17(32)9-1-3-10(4-2-9)19(24,25)26/h1-8,16-17,32H,(H3,27,28,29,30,31). The molecule has 1 heterocycles. The largest absolute Gasteiger partial charge is 0.416 e. The van der Waals surface area contributed by atoms with E-state index < -0.39 is 35.9 Å². The Morgan fingerprint density at radius 1 is 1.06 bits per heavy atom. The minimum atomic E-state index is -4.56. The summed E-state index contributed by atoms with van der Waals surface area (Å²) in [5.74, 6) is -1.08. The second kappa shape index (κ2) is 9.49. The summed E-state index contributed by atoms with van der Waals surface area (Å²) in [7, 11) is 0. The van der Waals surface area contributed by atoms with Crippen molar-refractivity contribution in [3.05, 3.63) is 76.2 Å². The van der Waals surface area contributed by atoms with Crippen molar-refractivity contribution in [2.45, 2.75) is 18.8 Å². The molecule has 1 atom stereocenters. The van der Waals surface area contributed by atoms with E-state index in [1.165, 1.54) is 6.07 Å². The van der Waals surface area contributed by atoms with Crippen molar-refractivity contribution < 1.29 is 31.4 Å². The van der Waals surface area contributed by atoms with Crippen LogP contribution in [-0.4, -0.2) is 21.3 Å². The lowest BCUT2D eigenvalue weighted by atomic mass is 10.1. The third-order valence-corrected chi connectivity index (χ3v) is 4.21. The molecule has 0 saturated carbocycles. The van der Waals surface area contributed by atoms with Gasteiger partial charge in [-0.2, -0.15) is 18.3 Å². The van der Waals surface area contributed by atoms with Crippen LogP contribution in [0.3, 0.4) is 0 Å². The van der Waals surface area contributed by atoms with Gasteiger partial charge >= 0.3 is 6.18 Å². The van der Waals surface area contributed by atoms with Crippen LogP contribution in [0.4, 0.5) is 37.8 Å². The summed E-state index contributed by atoms with van der Waals surface area (Å²) in [6.45, 7) is 0. The van der Waals surface area contributed by atoms with Crippen LogP contribution in [0, 0.1) is 5.82 Å². The highest BCUT2D eigenvalue weighted by molar-refractivity contribution is 6.31. The maximum absolute atomic E-state index is 13.6. The molecular weight excluding hydrogens is 464 g/mol. The number of aromatic nitrogens is 2. The van der Waals surface area contributed by atoms with Gasteiger partial charge in [0.25, 0.3) is 6.43 Å². The normalized spacial score (nSPS) is 13.3. The SMILES string of the molecule is OC(N=C(Nc1cc(F)cc(Cl)c1)Nc1cc(C(F)F)[nH]n1)c1ccc(C(F)(F)F)cc1. The number of benzene rings is 2. The zero-order chi connectivity index (χ0) is 23.5. The Morgan fingerprint density at radius 3 is 2.31 bits per heavy atom. The third kappa shape index (κ3) is 6.14. The topological polar surface area (TPSA) is 85.3 Å². The van der Waals surface area contributed by atoms with Crippen molar-refractivity contribution in [3.63, 3.8) is 0 Å². The van der Waals surface area contributed by atoms with Gasteiger partial charge in [0.2, 0.25) is 5.96 Å². The minimum Gasteiger partial charge on any atom is -0.368 e. The number of aliphatic imine (C=N–C) groups is 1. The number of halogens is 7. The van der Waals surface area contributed by atoms with E-state index in [0.717, 1.165) is 42.5 Å². The molecule has 170 valence electrons. The molecule has 3 aromatic rings. The number of aliphatic hydroxyl groups excluding tert-OH is 1. The van der Waals surface area contributed by atoms with Crippen LogP contribution in [-0.2, 0) is 6.18 Å². The first kappa shape index (κ1) is 23.4. The van der Waals surface area contributed by atoms with Crippen molar-refractivity contribution in [2.75, 3.05) is 10.6 Å². The highest BCUT2D eigenvalue weighted by atomic mass is 35.5. The van der Waals surface area contributed by atoms with Gasteiger partial charge in [0.15, 0.2) is 12.0 Å². The monoisotopic (exact) mass is 477 g/mol. The fourth-order valence-corrected chi connectivity index (χ4v) is 2.76. The van der Waals surface area contributed by atoms with E-state index in [1.807, 2.05) is 0 Å². The second-order valence-corrected chi connectivity index (χ2v) is 6.82. The molecule has 4 N–H and O–H groups in total. The minimum absolute atomic E-state index is 0.00618. The summed E-state index contributed by atoms with van der Waals surface area (Å²) < 4.78 is 77.4. The molecular formula is C19H14ClF6N5O. The molecule has 6 nitrogen and oxygen atoms in total. The van der Waals surface area contributed by atoms with Crippen molar-refractivity contribution in [2.24, 2.45) is 4.99 Å². The van der Waals surface area contributed by atoms with Crippen LogP contribution < -0.4 is 10.6 Å². The number of guanidine groups is 1. The summed E-state index contributed by atoms with van der Waals surface area (Å²) in [5.41, 5.74) is -1.32. The van der Waals surface area contributed by atoms with E-state index in [2.05, 4.69) is 25.8 Å². The van der Waals surface area contributed by atoms with Gasteiger partial charge in [-0.05, 0) is 30.3 Å². The molecule has 0 amide bonds. The van der Waals surface area contributed by atoms with Gasteiger partial charge in [0.1, 0.15) is 11.5 Å². The quantitative estimate of drug-likeness (QED) is 0.215. The first-order valence-corrected chi connectivity index (χ1v) is 9.15. The first-order valence-electron chi connectivity index (χ1n) is 8.78. The number of rotatable bonds is 5. The van der Waals surface area contributed by atoms with E-state index in [1.54, 1.807) is 0 Å². The summed E-state index contributed by atoms with van der Waals surface area (Å²) in [4.78, 5) is 3.90. The number of nitrogens with one attached hydrogen (secondary N) is 3. The van der Waals surface area contributed by atoms with Crippen LogP contribution in [0.15, 0.2) is 53.5 Å². The van der Waals surface area contributed by atoms with Crippen molar-refractivity contribution >= 4 is 29.1 Å². The van der Waals surface area contributed by atoms with Gasteiger partial charge in [-0.3, -0.25) is 5.10 Å². The Labute approximate surface area is 181 Å². The number of anilines is 2. The molecule has 0 spiro atoms. The Bertz CT molecular complexity index is 1080. The smallest absolute Gasteiger partial charge is 0.368 e. The van der Waals surface area contributed by atoms with Gasteiger partial charge in [-0.1, -0.05) is 23.7 Å². The summed E-state index contributed by atoms with van der Waals surface area (Å²) >= 11 is 5.80. The number of aromatic amines is 1. The van der Waals surface area contributed by atoms with Crippen LogP contribution in [0.2, 0.25) is 5.02 Å². The summed E-state index contributed by atoms with van der Waals surface area (Å²) in [5, 5.41) is 21.3. The summed E-state index contributed by atoms with van der Waals surface area (Å²) in [6, 6.07) is 7.97. The highest BCUT2D eigenvalue weighted by Crippen LogP contribution is 2.30. The predicted molar refractivity (Wildman–Crippen MR) is 106 cm³/mol. The Morgan fingerprint density at radius 2 is 1.75 bits per heavy atom. The van der Waals surface area contributed by atoms with Crippen molar-refractivity contribution in [1.82, 2.24) is 10.2 Å². The maximum Gasteiger partial charge on any atom is 0.416 e. The third-order valence-electron chi connectivity index (χ3n) is 3.99. The lowest BCUT2D eigenvalue weighted by Gasteiger charge is -2.14. The Hall–Kier alpha value is -3.25. The van der Waals surface area contributed by atoms with E-state index in [9.17, 15) is 31.4 Å². The fourth-order valence-electron chi connectivity index (χ4n) is 2.53. The number of alkyl halides is 5. The average molecular weight is 478 g/mol.